The minimum Gasteiger partial charge on any atom is -0.481 e. The quantitative estimate of drug-likeness (QED) is 0.831. The Kier molecular flexibility index (Phi) is 2.93. The van der Waals surface area contributed by atoms with Crippen molar-refractivity contribution in [3.63, 3.8) is 0 Å². The molecule has 4 aliphatic carbocycles. The topological polar surface area (TPSA) is 57.5 Å². The Morgan fingerprint density at radius 2 is 1.90 bits per heavy atom. The first-order valence-electron chi connectivity index (χ1n) is 8.45. The molecule has 0 heterocycles. The molecule has 7 atom stereocenters. The van der Waals surface area contributed by atoms with Crippen LogP contribution in [0.1, 0.15) is 51.4 Å². The van der Waals surface area contributed by atoms with Gasteiger partial charge in [-0.2, -0.15) is 0 Å². The van der Waals surface area contributed by atoms with Gasteiger partial charge >= 0.3 is 5.97 Å². The molecule has 3 nitrogen and oxygen atoms in total. The van der Waals surface area contributed by atoms with Crippen LogP contribution in [0, 0.1) is 40.9 Å². The van der Waals surface area contributed by atoms with Crippen LogP contribution in [0.15, 0.2) is 0 Å². The molecule has 0 aromatic heterocycles. The number of aliphatic hydroxyl groups is 1. The summed E-state index contributed by atoms with van der Waals surface area (Å²) in [7, 11) is 0. The summed E-state index contributed by atoms with van der Waals surface area (Å²) >= 11 is 0. The van der Waals surface area contributed by atoms with Crippen LogP contribution in [0.2, 0.25) is 0 Å². The number of carboxylic acid groups (broad SMARTS) is 1. The molecule has 0 aliphatic heterocycles. The van der Waals surface area contributed by atoms with E-state index in [9.17, 15) is 9.90 Å². The molecule has 7 unspecified atom stereocenters. The van der Waals surface area contributed by atoms with Gasteiger partial charge in [-0.25, -0.2) is 0 Å². The van der Waals surface area contributed by atoms with Gasteiger partial charge in [0.2, 0.25) is 0 Å². The van der Waals surface area contributed by atoms with Gasteiger partial charge in [-0.15, -0.1) is 0 Å². The van der Waals surface area contributed by atoms with Crippen molar-refractivity contribution in [3.8, 4) is 0 Å². The van der Waals surface area contributed by atoms with Crippen molar-refractivity contribution in [2.45, 2.75) is 51.4 Å². The number of aliphatic hydroxyl groups excluding tert-OH is 1. The first-order chi connectivity index (χ1) is 9.63. The Hall–Kier alpha value is -0.570. The summed E-state index contributed by atoms with van der Waals surface area (Å²) in [6, 6.07) is 0. The molecule has 20 heavy (non-hydrogen) atoms. The van der Waals surface area contributed by atoms with Crippen LogP contribution in [-0.4, -0.2) is 22.8 Å². The summed E-state index contributed by atoms with van der Waals surface area (Å²) in [4.78, 5) is 11.1. The van der Waals surface area contributed by atoms with E-state index in [0.717, 1.165) is 18.3 Å². The van der Waals surface area contributed by atoms with Crippen molar-refractivity contribution in [3.05, 3.63) is 0 Å². The molecule has 4 rings (SSSR count). The van der Waals surface area contributed by atoms with E-state index in [-0.39, 0.29) is 0 Å². The summed E-state index contributed by atoms with van der Waals surface area (Å²) in [6.45, 7) is 0.363. The maximum absolute atomic E-state index is 11.1. The van der Waals surface area contributed by atoms with Crippen molar-refractivity contribution in [1.82, 2.24) is 0 Å². The molecular weight excluding hydrogens is 252 g/mol. The molecule has 4 aliphatic rings. The Balaban J connectivity index is 1.57. The summed E-state index contributed by atoms with van der Waals surface area (Å²) in [6.07, 6.45) is 9.33. The highest BCUT2D eigenvalue weighted by Gasteiger charge is 2.61. The van der Waals surface area contributed by atoms with Crippen molar-refractivity contribution in [2.24, 2.45) is 40.9 Å². The van der Waals surface area contributed by atoms with Crippen LogP contribution >= 0.6 is 0 Å². The molecular formula is C17H26O3. The fourth-order valence-electron chi connectivity index (χ4n) is 7.01. The average Bonchev–Trinajstić information content (AvgIpc) is 3.15. The van der Waals surface area contributed by atoms with Crippen molar-refractivity contribution in [1.29, 1.82) is 0 Å². The van der Waals surface area contributed by atoms with Gasteiger partial charge in [0.05, 0.1) is 0 Å². The van der Waals surface area contributed by atoms with E-state index in [1.165, 1.54) is 38.5 Å². The second kappa shape index (κ2) is 4.46. The number of carbonyl (C=O) groups is 1. The molecule has 0 amide bonds. The van der Waals surface area contributed by atoms with Gasteiger partial charge in [-0.1, -0.05) is 0 Å². The smallest absolute Gasteiger partial charge is 0.303 e. The third-order valence-corrected chi connectivity index (χ3v) is 7.46. The lowest BCUT2D eigenvalue weighted by Crippen LogP contribution is -2.38. The molecule has 0 aromatic carbocycles. The molecule has 112 valence electrons. The molecule has 0 radical (unpaired) electrons. The largest absolute Gasteiger partial charge is 0.481 e. The second-order valence-electron chi connectivity index (χ2n) is 8.13. The Bertz CT molecular complexity index is 420. The van der Waals surface area contributed by atoms with Gasteiger partial charge in [-0.3, -0.25) is 4.79 Å². The highest BCUT2D eigenvalue weighted by Crippen LogP contribution is 2.69. The number of fused-ring (bicyclic) bond motifs is 4. The monoisotopic (exact) mass is 278 g/mol. The van der Waals surface area contributed by atoms with Gasteiger partial charge in [-0.05, 0) is 85.9 Å². The number of rotatable bonds is 4. The van der Waals surface area contributed by atoms with Crippen LogP contribution < -0.4 is 0 Å². The Morgan fingerprint density at radius 1 is 1.10 bits per heavy atom. The minimum absolute atomic E-state index is 0.363. The fraction of sp³-hybridized carbons (Fsp3) is 0.941. The van der Waals surface area contributed by atoms with E-state index in [1.807, 2.05) is 0 Å². The number of carboxylic acids is 1. The molecule has 4 bridgehead atoms. The Labute approximate surface area is 120 Å². The first-order valence-corrected chi connectivity index (χ1v) is 8.45. The van der Waals surface area contributed by atoms with Gasteiger partial charge < -0.3 is 10.2 Å². The van der Waals surface area contributed by atoms with Crippen molar-refractivity contribution >= 4 is 5.97 Å². The van der Waals surface area contributed by atoms with Crippen LogP contribution in [-0.2, 0) is 4.79 Å². The second-order valence-corrected chi connectivity index (χ2v) is 8.13. The molecule has 0 aromatic rings. The SMILES string of the molecule is O=C(O)CC1CC2(C3C4CCC(C4)C3CO)CCC1C2. The van der Waals surface area contributed by atoms with E-state index in [1.54, 1.807) is 0 Å². The zero-order valence-corrected chi connectivity index (χ0v) is 12.1. The lowest BCUT2D eigenvalue weighted by atomic mass is 9.61. The van der Waals surface area contributed by atoms with Crippen LogP contribution in [0.25, 0.3) is 0 Å². The summed E-state index contributed by atoms with van der Waals surface area (Å²) in [5.41, 5.74) is 0.401. The fourth-order valence-corrected chi connectivity index (χ4v) is 7.01. The number of hydrogen-bond donors (Lipinski definition) is 2. The summed E-state index contributed by atoms with van der Waals surface area (Å²) in [5, 5.41) is 19.0. The average molecular weight is 278 g/mol. The van der Waals surface area contributed by atoms with E-state index < -0.39 is 5.97 Å². The van der Waals surface area contributed by atoms with Gasteiger partial charge in [0.25, 0.3) is 0 Å². The van der Waals surface area contributed by atoms with Gasteiger partial charge in [0, 0.05) is 13.0 Å². The van der Waals surface area contributed by atoms with Gasteiger partial charge in [0.15, 0.2) is 0 Å². The molecule has 3 heteroatoms. The first kappa shape index (κ1) is 13.1. The van der Waals surface area contributed by atoms with Crippen molar-refractivity contribution < 1.29 is 15.0 Å². The van der Waals surface area contributed by atoms with Crippen molar-refractivity contribution in [2.75, 3.05) is 6.61 Å². The van der Waals surface area contributed by atoms with E-state index in [0.29, 0.717) is 42.1 Å². The predicted octanol–water partition coefficient (Wildman–Crippen LogP) is 2.92. The third-order valence-electron chi connectivity index (χ3n) is 7.46. The normalized spacial score (nSPS) is 52.9. The Morgan fingerprint density at radius 3 is 2.65 bits per heavy atom. The third kappa shape index (κ3) is 1.71. The number of hydrogen-bond acceptors (Lipinski definition) is 2. The van der Waals surface area contributed by atoms with Gasteiger partial charge in [0.1, 0.15) is 0 Å². The van der Waals surface area contributed by atoms with E-state index >= 15 is 0 Å². The highest BCUT2D eigenvalue weighted by molar-refractivity contribution is 5.67. The highest BCUT2D eigenvalue weighted by atomic mass is 16.4. The zero-order chi connectivity index (χ0) is 13.9. The summed E-state index contributed by atoms with van der Waals surface area (Å²) < 4.78 is 0. The maximum Gasteiger partial charge on any atom is 0.303 e. The zero-order valence-electron chi connectivity index (χ0n) is 12.1. The standard InChI is InChI=1S/C17H26O3/c18-9-14-10-1-2-11(5-10)16(14)17-4-3-12(7-17)13(8-17)6-15(19)20/h10-14,16,18H,1-9H2,(H,19,20). The number of aliphatic carboxylic acids is 1. The van der Waals surface area contributed by atoms with E-state index in [2.05, 4.69) is 0 Å². The lowest BCUT2D eigenvalue weighted by Gasteiger charge is -2.44. The molecule has 0 saturated heterocycles. The maximum atomic E-state index is 11.1. The molecule has 2 N–H and O–H groups in total. The molecule has 0 spiro atoms. The van der Waals surface area contributed by atoms with Crippen LogP contribution in [0.3, 0.4) is 0 Å². The van der Waals surface area contributed by atoms with Crippen LogP contribution in [0.5, 0.6) is 0 Å². The van der Waals surface area contributed by atoms with Crippen LogP contribution in [0.4, 0.5) is 0 Å². The predicted molar refractivity (Wildman–Crippen MR) is 75.0 cm³/mol. The van der Waals surface area contributed by atoms with E-state index in [4.69, 9.17) is 5.11 Å². The lowest BCUT2D eigenvalue weighted by molar-refractivity contribution is -0.138. The molecule has 4 fully saturated rings. The minimum atomic E-state index is -0.621. The molecule has 4 saturated carbocycles. The summed E-state index contributed by atoms with van der Waals surface area (Å²) in [5.74, 6) is 3.28.